The molecule has 19 heavy (non-hydrogen) atoms. The van der Waals surface area contributed by atoms with Crippen LogP contribution in [0.4, 0.5) is 0 Å². The van der Waals surface area contributed by atoms with Crippen molar-refractivity contribution in [3.05, 3.63) is 29.6 Å². The SMILES string of the molecule is CCCCN(CC)C(=O)c1ccncc1C#CCN. The number of aromatic nitrogens is 1. The molecule has 1 aromatic rings. The van der Waals surface area contributed by atoms with E-state index >= 15 is 0 Å². The van der Waals surface area contributed by atoms with Crippen molar-refractivity contribution in [2.24, 2.45) is 5.73 Å². The molecule has 2 N–H and O–H groups in total. The van der Waals surface area contributed by atoms with E-state index in [0.717, 1.165) is 19.4 Å². The molecule has 1 heterocycles. The first kappa shape index (κ1) is 15.2. The molecule has 0 aliphatic carbocycles. The summed E-state index contributed by atoms with van der Waals surface area (Å²) in [6, 6.07) is 1.72. The third kappa shape index (κ3) is 4.38. The van der Waals surface area contributed by atoms with E-state index in [4.69, 9.17) is 5.73 Å². The molecule has 0 spiro atoms. The smallest absolute Gasteiger partial charge is 0.255 e. The van der Waals surface area contributed by atoms with E-state index in [9.17, 15) is 4.79 Å². The fraction of sp³-hybridized carbons (Fsp3) is 0.467. The largest absolute Gasteiger partial charge is 0.339 e. The van der Waals surface area contributed by atoms with Gasteiger partial charge in [-0.25, -0.2) is 0 Å². The molecule has 4 nitrogen and oxygen atoms in total. The molecule has 0 radical (unpaired) electrons. The van der Waals surface area contributed by atoms with Gasteiger partial charge in [-0.2, -0.15) is 0 Å². The number of carbonyl (C=O) groups excluding carboxylic acids is 1. The van der Waals surface area contributed by atoms with Crippen LogP contribution in [0.1, 0.15) is 42.6 Å². The Morgan fingerprint density at radius 3 is 2.89 bits per heavy atom. The fourth-order valence-corrected chi connectivity index (χ4v) is 1.75. The van der Waals surface area contributed by atoms with Crippen LogP contribution < -0.4 is 5.73 Å². The van der Waals surface area contributed by atoms with Gasteiger partial charge in [0.2, 0.25) is 0 Å². The minimum absolute atomic E-state index is 0.0136. The first-order valence-electron chi connectivity index (χ1n) is 6.66. The van der Waals surface area contributed by atoms with Gasteiger partial charge in [0.25, 0.3) is 5.91 Å². The first-order valence-corrected chi connectivity index (χ1v) is 6.66. The third-order valence-corrected chi connectivity index (χ3v) is 2.83. The molecule has 0 unspecified atom stereocenters. The zero-order valence-electron chi connectivity index (χ0n) is 11.6. The lowest BCUT2D eigenvalue weighted by Crippen LogP contribution is -2.32. The molecule has 0 fully saturated rings. The Hall–Kier alpha value is -1.86. The highest BCUT2D eigenvalue weighted by Gasteiger charge is 2.16. The van der Waals surface area contributed by atoms with Crippen LogP contribution in [0.2, 0.25) is 0 Å². The number of unbranched alkanes of at least 4 members (excludes halogenated alkanes) is 1. The summed E-state index contributed by atoms with van der Waals surface area (Å²) in [6.07, 6.45) is 5.31. The molecular weight excluding hydrogens is 238 g/mol. The summed E-state index contributed by atoms with van der Waals surface area (Å²) in [5, 5.41) is 0. The Morgan fingerprint density at radius 2 is 2.26 bits per heavy atom. The lowest BCUT2D eigenvalue weighted by molar-refractivity contribution is 0.0762. The number of carbonyl (C=O) groups is 1. The van der Waals surface area contributed by atoms with E-state index < -0.39 is 0 Å². The van der Waals surface area contributed by atoms with Crippen LogP contribution in [-0.2, 0) is 0 Å². The van der Waals surface area contributed by atoms with E-state index in [-0.39, 0.29) is 12.5 Å². The molecule has 0 saturated heterocycles. The number of nitrogens with two attached hydrogens (primary N) is 1. The van der Waals surface area contributed by atoms with Crippen LogP contribution in [0.5, 0.6) is 0 Å². The monoisotopic (exact) mass is 259 g/mol. The number of rotatable bonds is 5. The van der Waals surface area contributed by atoms with Gasteiger partial charge in [-0.05, 0) is 19.4 Å². The van der Waals surface area contributed by atoms with Gasteiger partial charge >= 0.3 is 0 Å². The summed E-state index contributed by atoms with van der Waals surface area (Å²) in [6.45, 7) is 5.85. The number of hydrogen-bond donors (Lipinski definition) is 1. The fourth-order valence-electron chi connectivity index (χ4n) is 1.75. The summed E-state index contributed by atoms with van der Waals surface area (Å²) in [5.41, 5.74) is 6.62. The molecule has 102 valence electrons. The number of nitrogens with zero attached hydrogens (tertiary/aromatic N) is 2. The van der Waals surface area contributed by atoms with E-state index in [0.29, 0.717) is 17.7 Å². The van der Waals surface area contributed by atoms with Gasteiger partial charge in [-0.15, -0.1) is 0 Å². The lowest BCUT2D eigenvalue weighted by atomic mass is 10.1. The van der Waals surface area contributed by atoms with Crippen molar-refractivity contribution in [3.8, 4) is 11.8 Å². The number of pyridine rings is 1. The molecule has 0 aliphatic heterocycles. The van der Waals surface area contributed by atoms with Gasteiger partial charge in [-0.3, -0.25) is 9.78 Å². The average Bonchev–Trinajstić information content (AvgIpc) is 2.46. The summed E-state index contributed by atoms with van der Waals surface area (Å²) in [4.78, 5) is 18.3. The van der Waals surface area contributed by atoms with E-state index in [1.54, 1.807) is 18.5 Å². The van der Waals surface area contributed by atoms with Crippen LogP contribution >= 0.6 is 0 Å². The van der Waals surface area contributed by atoms with Crippen LogP contribution in [0.3, 0.4) is 0 Å². The van der Waals surface area contributed by atoms with Crippen molar-refractivity contribution >= 4 is 5.91 Å². The normalized spacial score (nSPS) is 9.63. The highest BCUT2D eigenvalue weighted by atomic mass is 16.2. The van der Waals surface area contributed by atoms with Gasteiger partial charge < -0.3 is 10.6 Å². The first-order chi connectivity index (χ1) is 9.24. The lowest BCUT2D eigenvalue weighted by Gasteiger charge is -2.21. The van der Waals surface area contributed by atoms with Crippen molar-refractivity contribution in [2.75, 3.05) is 19.6 Å². The standard InChI is InChI=1S/C15H21N3O/c1-3-5-11-18(4-2)15(19)14-8-10-17-12-13(14)7-6-9-16/h8,10,12H,3-5,9,11,16H2,1-2H3. The van der Waals surface area contributed by atoms with Crippen molar-refractivity contribution in [2.45, 2.75) is 26.7 Å². The van der Waals surface area contributed by atoms with Crippen molar-refractivity contribution in [1.29, 1.82) is 0 Å². The van der Waals surface area contributed by atoms with Crippen LogP contribution in [0.25, 0.3) is 0 Å². The maximum absolute atomic E-state index is 12.5. The molecular formula is C15H21N3O. The highest BCUT2D eigenvalue weighted by Crippen LogP contribution is 2.10. The molecule has 1 rings (SSSR count). The van der Waals surface area contributed by atoms with Crippen molar-refractivity contribution in [1.82, 2.24) is 9.88 Å². The maximum Gasteiger partial charge on any atom is 0.255 e. The van der Waals surface area contributed by atoms with Gasteiger partial charge in [0, 0.05) is 25.5 Å². The van der Waals surface area contributed by atoms with Crippen LogP contribution in [0.15, 0.2) is 18.5 Å². The van der Waals surface area contributed by atoms with Crippen LogP contribution in [0, 0.1) is 11.8 Å². The zero-order valence-corrected chi connectivity index (χ0v) is 11.6. The minimum atomic E-state index is 0.0136. The number of amides is 1. The predicted octanol–water partition coefficient (Wildman–Crippen LogP) is 1.65. The Bertz CT molecular complexity index is 474. The second kappa shape index (κ2) is 8.28. The molecule has 0 aliphatic rings. The average molecular weight is 259 g/mol. The topological polar surface area (TPSA) is 59.2 Å². The van der Waals surface area contributed by atoms with E-state index in [2.05, 4.69) is 23.7 Å². The summed E-state index contributed by atoms with van der Waals surface area (Å²) in [7, 11) is 0. The van der Waals surface area contributed by atoms with Gasteiger partial charge in [0.15, 0.2) is 0 Å². The van der Waals surface area contributed by atoms with E-state index in [1.165, 1.54) is 0 Å². The molecule has 0 saturated carbocycles. The second-order valence-electron chi connectivity index (χ2n) is 4.17. The molecule has 0 atom stereocenters. The minimum Gasteiger partial charge on any atom is -0.339 e. The summed E-state index contributed by atoms with van der Waals surface area (Å²) >= 11 is 0. The Balaban J connectivity index is 2.97. The summed E-state index contributed by atoms with van der Waals surface area (Å²) < 4.78 is 0. The molecule has 1 aromatic heterocycles. The Labute approximate surface area is 115 Å². The number of hydrogen-bond acceptors (Lipinski definition) is 3. The molecule has 1 amide bonds. The third-order valence-electron chi connectivity index (χ3n) is 2.83. The second-order valence-corrected chi connectivity index (χ2v) is 4.17. The van der Waals surface area contributed by atoms with Gasteiger partial charge in [0.05, 0.1) is 17.7 Å². The van der Waals surface area contributed by atoms with Gasteiger partial charge in [-0.1, -0.05) is 25.2 Å². The predicted molar refractivity (Wildman–Crippen MR) is 76.7 cm³/mol. The maximum atomic E-state index is 12.5. The Morgan fingerprint density at radius 1 is 1.47 bits per heavy atom. The van der Waals surface area contributed by atoms with Crippen molar-refractivity contribution < 1.29 is 4.79 Å². The van der Waals surface area contributed by atoms with Gasteiger partial charge in [0.1, 0.15) is 0 Å². The van der Waals surface area contributed by atoms with E-state index in [1.807, 2.05) is 11.8 Å². The molecule has 0 aromatic carbocycles. The quantitative estimate of drug-likeness (QED) is 0.818. The summed E-state index contributed by atoms with van der Waals surface area (Å²) in [5.74, 6) is 5.68. The van der Waals surface area contributed by atoms with Crippen LogP contribution in [-0.4, -0.2) is 35.4 Å². The highest BCUT2D eigenvalue weighted by molar-refractivity contribution is 5.96. The molecule has 0 bridgehead atoms. The Kier molecular flexibility index (Phi) is 6.62. The zero-order chi connectivity index (χ0) is 14.1. The van der Waals surface area contributed by atoms with Crippen molar-refractivity contribution in [3.63, 3.8) is 0 Å². The molecule has 4 heteroatoms.